The number of amides is 1. The maximum absolute atomic E-state index is 12.1. The monoisotopic (exact) mass is 290 g/mol. The number of piperidine rings is 1. The van der Waals surface area contributed by atoms with Gasteiger partial charge in [-0.2, -0.15) is 0 Å². The van der Waals surface area contributed by atoms with Gasteiger partial charge in [0.05, 0.1) is 5.60 Å². The molecule has 1 atom stereocenters. The fraction of sp³-hybridized carbons (Fsp3) is 0.929. The van der Waals surface area contributed by atoms with Crippen molar-refractivity contribution in [1.82, 2.24) is 10.6 Å². The lowest BCUT2D eigenvalue weighted by Gasteiger charge is -2.33. The molecule has 1 aliphatic heterocycles. The highest BCUT2D eigenvalue weighted by molar-refractivity contribution is 5.85. The van der Waals surface area contributed by atoms with Crippen LogP contribution in [0.2, 0.25) is 0 Å². The Labute approximate surface area is 122 Å². The highest BCUT2D eigenvalue weighted by Gasteiger charge is 2.30. The van der Waals surface area contributed by atoms with Crippen LogP contribution in [0.4, 0.5) is 0 Å². The summed E-state index contributed by atoms with van der Waals surface area (Å²) in [6.07, 6.45) is 8.66. The average Bonchev–Trinajstić information content (AvgIpc) is 2.66. The largest absolute Gasteiger partial charge is 0.387 e. The number of hydrogen-bond donors (Lipinski definition) is 3. The summed E-state index contributed by atoms with van der Waals surface area (Å²) in [5.74, 6) is 0.323. The number of β-amino-alcohol motifs (C(OH)–C–C–N with tert-alkyl or cyclic N) is 1. The van der Waals surface area contributed by atoms with Gasteiger partial charge in [0.25, 0.3) is 0 Å². The molecule has 1 aliphatic carbocycles. The van der Waals surface area contributed by atoms with E-state index in [1.807, 2.05) is 0 Å². The summed E-state index contributed by atoms with van der Waals surface area (Å²) < 4.78 is 0. The molecule has 4 nitrogen and oxygen atoms in total. The van der Waals surface area contributed by atoms with Crippen LogP contribution in [0.1, 0.15) is 51.4 Å². The van der Waals surface area contributed by atoms with Crippen LogP contribution >= 0.6 is 12.4 Å². The smallest absolute Gasteiger partial charge is 0.223 e. The van der Waals surface area contributed by atoms with Crippen molar-refractivity contribution < 1.29 is 9.90 Å². The van der Waals surface area contributed by atoms with Crippen molar-refractivity contribution in [2.45, 2.75) is 57.0 Å². The molecule has 1 unspecified atom stereocenters. The van der Waals surface area contributed by atoms with Gasteiger partial charge in [0.1, 0.15) is 0 Å². The highest BCUT2D eigenvalue weighted by Crippen LogP contribution is 2.23. The van der Waals surface area contributed by atoms with Gasteiger partial charge >= 0.3 is 0 Å². The van der Waals surface area contributed by atoms with Crippen LogP contribution in [0.3, 0.4) is 0 Å². The topological polar surface area (TPSA) is 61.4 Å². The Bertz CT molecular complexity index is 273. The fourth-order valence-corrected chi connectivity index (χ4v) is 3.04. The minimum absolute atomic E-state index is 0. The van der Waals surface area contributed by atoms with Crippen molar-refractivity contribution >= 4 is 18.3 Å². The number of rotatable bonds is 3. The second-order valence-electron chi connectivity index (χ2n) is 5.91. The molecular formula is C14H27ClN2O2. The normalized spacial score (nSPS) is 29.1. The maximum atomic E-state index is 12.1. The van der Waals surface area contributed by atoms with E-state index >= 15 is 0 Å². The van der Waals surface area contributed by atoms with E-state index in [1.54, 1.807) is 0 Å². The molecule has 5 heteroatoms. The van der Waals surface area contributed by atoms with Gasteiger partial charge in [-0.25, -0.2) is 0 Å². The van der Waals surface area contributed by atoms with Crippen LogP contribution < -0.4 is 10.6 Å². The molecule has 112 valence electrons. The lowest BCUT2D eigenvalue weighted by Crippen LogP contribution is -2.53. The average molecular weight is 291 g/mol. The van der Waals surface area contributed by atoms with Gasteiger partial charge in [-0.05, 0) is 32.2 Å². The van der Waals surface area contributed by atoms with Crippen LogP contribution in [0.5, 0.6) is 0 Å². The van der Waals surface area contributed by atoms with E-state index in [0.717, 1.165) is 32.2 Å². The summed E-state index contributed by atoms with van der Waals surface area (Å²) in [5, 5.41) is 16.4. The van der Waals surface area contributed by atoms with Crippen molar-refractivity contribution in [2.24, 2.45) is 5.92 Å². The summed E-state index contributed by atoms with van der Waals surface area (Å²) in [6.45, 7) is 1.96. The molecule has 2 aliphatic rings. The van der Waals surface area contributed by atoms with Crippen LogP contribution in [0.15, 0.2) is 0 Å². The van der Waals surface area contributed by atoms with Crippen molar-refractivity contribution in [3.63, 3.8) is 0 Å². The summed E-state index contributed by atoms with van der Waals surface area (Å²) in [5.41, 5.74) is -0.737. The van der Waals surface area contributed by atoms with E-state index in [1.165, 1.54) is 25.7 Å². The maximum Gasteiger partial charge on any atom is 0.223 e. The number of hydrogen-bond acceptors (Lipinski definition) is 3. The first-order valence-electron chi connectivity index (χ1n) is 7.40. The van der Waals surface area contributed by atoms with E-state index in [-0.39, 0.29) is 24.2 Å². The number of aliphatic hydroxyl groups is 1. The molecule has 1 amide bonds. The Balaban J connectivity index is 0.00000180. The Kier molecular flexibility index (Phi) is 7.11. The zero-order valence-electron chi connectivity index (χ0n) is 11.6. The predicted octanol–water partition coefficient (Wildman–Crippen LogP) is 1.61. The molecular weight excluding hydrogens is 264 g/mol. The second kappa shape index (κ2) is 8.08. The third-order valence-corrected chi connectivity index (χ3v) is 4.27. The molecule has 0 spiro atoms. The zero-order valence-corrected chi connectivity index (χ0v) is 12.4. The van der Waals surface area contributed by atoms with E-state index in [2.05, 4.69) is 10.6 Å². The standard InChI is InChI=1S/C14H26N2O2.ClH/c17-13(12-6-3-1-2-4-7-12)16-11-14(18)8-5-9-15-10-14;/h12,15,18H,1-11H2,(H,16,17);1H. The first-order chi connectivity index (χ1) is 8.70. The molecule has 19 heavy (non-hydrogen) atoms. The van der Waals surface area contributed by atoms with Gasteiger partial charge in [0.15, 0.2) is 0 Å². The number of nitrogens with one attached hydrogen (secondary N) is 2. The molecule has 0 aromatic rings. The van der Waals surface area contributed by atoms with Gasteiger partial charge < -0.3 is 15.7 Å². The lowest BCUT2D eigenvalue weighted by molar-refractivity contribution is -0.126. The van der Waals surface area contributed by atoms with E-state index in [4.69, 9.17) is 0 Å². The SMILES string of the molecule is Cl.O=C(NCC1(O)CCCNC1)C1CCCCCC1. The molecule has 2 fully saturated rings. The van der Waals surface area contributed by atoms with Crippen LogP contribution in [-0.4, -0.2) is 36.2 Å². The molecule has 0 aromatic carbocycles. The van der Waals surface area contributed by atoms with Gasteiger partial charge in [-0.3, -0.25) is 4.79 Å². The summed E-state index contributed by atoms with van der Waals surface area (Å²) in [4.78, 5) is 12.1. The first-order valence-corrected chi connectivity index (χ1v) is 7.40. The quantitative estimate of drug-likeness (QED) is 0.692. The lowest BCUT2D eigenvalue weighted by atomic mass is 9.93. The molecule has 0 radical (unpaired) electrons. The number of carbonyl (C=O) groups is 1. The van der Waals surface area contributed by atoms with Gasteiger partial charge in [0.2, 0.25) is 5.91 Å². The van der Waals surface area contributed by atoms with Gasteiger partial charge in [-0.1, -0.05) is 25.7 Å². The van der Waals surface area contributed by atoms with Crippen LogP contribution in [-0.2, 0) is 4.79 Å². The zero-order chi connectivity index (χ0) is 12.8. The predicted molar refractivity (Wildman–Crippen MR) is 78.5 cm³/mol. The molecule has 1 saturated carbocycles. The van der Waals surface area contributed by atoms with Crippen molar-refractivity contribution in [3.8, 4) is 0 Å². The Morgan fingerprint density at radius 3 is 2.47 bits per heavy atom. The summed E-state index contributed by atoms with van der Waals surface area (Å²) in [7, 11) is 0. The molecule has 1 saturated heterocycles. The highest BCUT2D eigenvalue weighted by atomic mass is 35.5. The Morgan fingerprint density at radius 2 is 1.89 bits per heavy atom. The minimum Gasteiger partial charge on any atom is -0.387 e. The Hall–Kier alpha value is -0.320. The van der Waals surface area contributed by atoms with Crippen molar-refractivity contribution in [1.29, 1.82) is 0 Å². The van der Waals surface area contributed by atoms with Crippen molar-refractivity contribution in [2.75, 3.05) is 19.6 Å². The third kappa shape index (κ3) is 5.28. The number of halogens is 1. The molecule has 0 aromatic heterocycles. The van der Waals surface area contributed by atoms with E-state index in [0.29, 0.717) is 13.1 Å². The fourth-order valence-electron chi connectivity index (χ4n) is 3.04. The van der Waals surface area contributed by atoms with E-state index in [9.17, 15) is 9.90 Å². The van der Waals surface area contributed by atoms with Gasteiger partial charge in [0, 0.05) is 19.0 Å². The summed E-state index contributed by atoms with van der Waals surface area (Å²) >= 11 is 0. The minimum atomic E-state index is -0.737. The molecule has 1 heterocycles. The Morgan fingerprint density at radius 1 is 1.21 bits per heavy atom. The van der Waals surface area contributed by atoms with E-state index < -0.39 is 5.60 Å². The van der Waals surface area contributed by atoms with Gasteiger partial charge in [-0.15, -0.1) is 12.4 Å². The second-order valence-corrected chi connectivity index (χ2v) is 5.91. The summed E-state index contributed by atoms with van der Waals surface area (Å²) in [6, 6.07) is 0. The molecule has 0 bridgehead atoms. The van der Waals surface area contributed by atoms with Crippen LogP contribution in [0.25, 0.3) is 0 Å². The molecule has 2 rings (SSSR count). The number of carbonyl (C=O) groups excluding carboxylic acids is 1. The van der Waals surface area contributed by atoms with Crippen LogP contribution in [0, 0.1) is 5.92 Å². The first kappa shape index (κ1) is 16.7. The molecule has 3 N–H and O–H groups in total. The van der Waals surface area contributed by atoms with Crippen molar-refractivity contribution in [3.05, 3.63) is 0 Å². The third-order valence-electron chi connectivity index (χ3n) is 4.27.